The van der Waals surface area contributed by atoms with Crippen molar-refractivity contribution in [3.63, 3.8) is 0 Å². The van der Waals surface area contributed by atoms with Gasteiger partial charge in [-0.25, -0.2) is 0 Å². The Kier molecular flexibility index (Phi) is 4.52. The standard InChI is InChI=1S/C13H14N2O4S/c1-2-19-9-3-5-14-8-7-10(20-12(8)9)13(18)15-6-4-11(16)17/h3,5,7H,2,4,6H2,1H3,(H,15,18)(H,16,17). The number of aliphatic carboxylic acids is 1. The topological polar surface area (TPSA) is 88.5 Å². The largest absolute Gasteiger partial charge is 0.492 e. The number of carbonyl (C=O) groups is 2. The number of carbonyl (C=O) groups excluding carboxylic acids is 1. The van der Waals surface area contributed by atoms with Crippen LogP contribution in [0.4, 0.5) is 0 Å². The number of pyridine rings is 1. The number of carboxylic acids is 1. The fourth-order valence-electron chi connectivity index (χ4n) is 1.67. The Labute approximate surface area is 119 Å². The maximum atomic E-state index is 11.9. The Bertz CT molecular complexity index is 638. The lowest BCUT2D eigenvalue weighted by Crippen LogP contribution is -2.25. The summed E-state index contributed by atoms with van der Waals surface area (Å²) in [6.07, 6.45) is 1.53. The molecule has 106 valence electrons. The predicted octanol–water partition coefficient (Wildman–Crippen LogP) is 1.90. The minimum absolute atomic E-state index is 0.0981. The van der Waals surface area contributed by atoms with E-state index in [0.29, 0.717) is 22.8 Å². The highest BCUT2D eigenvalue weighted by Crippen LogP contribution is 2.32. The molecule has 0 aliphatic rings. The van der Waals surface area contributed by atoms with E-state index in [9.17, 15) is 9.59 Å². The van der Waals surface area contributed by atoms with Crippen molar-refractivity contribution in [1.82, 2.24) is 10.3 Å². The lowest BCUT2D eigenvalue weighted by molar-refractivity contribution is -0.136. The molecule has 0 saturated carbocycles. The van der Waals surface area contributed by atoms with Crippen molar-refractivity contribution < 1.29 is 19.4 Å². The monoisotopic (exact) mass is 294 g/mol. The van der Waals surface area contributed by atoms with E-state index in [4.69, 9.17) is 9.84 Å². The molecule has 20 heavy (non-hydrogen) atoms. The normalized spacial score (nSPS) is 10.4. The second-order valence-corrected chi connectivity index (χ2v) is 5.02. The highest BCUT2D eigenvalue weighted by Gasteiger charge is 2.13. The van der Waals surface area contributed by atoms with E-state index in [1.54, 1.807) is 18.3 Å². The number of hydrogen-bond donors (Lipinski definition) is 2. The van der Waals surface area contributed by atoms with Crippen molar-refractivity contribution >= 4 is 33.4 Å². The van der Waals surface area contributed by atoms with Gasteiger partial charge in [0, 0.05) is 12.7 Å². The fourth-order valence-corrected chi connectivity index (χ4v) is 2.67. The molecule has 0 fully saturated rings. The van der Waals surface area contributed by atoms with Crippen molar-refractivity contribution in [3.05, 3.63) is 23.2 Å². The van der Waals surface area contributed by atoms with Gasteiger partial charge in [-0.2, -0.15) is 0 Å². The van der Waals surface area contributed by atoms with Gasteiger partial charge >= 0.3 is 5.97 Å². The smallest absolute Gasteiger partial charge is 0.305 e. The van der Waals surface area contributed by atoms with Crippen molar-refractivity contribution in [2.45, 2.75) is 13.3 Å². The van der Waals surface area contributed by atoms with Gasteiger partial charge in [0.15, 0.2) is 0 Å². The average molecular weight is 294 g/mol. The number of amides is 1. The van der Waals surface area contributed by atoms with E-state index in [1.807, 2.05) is 6.92 Å². The number of ether oxygens (including phenoxy) is 1. The zero-order valence-electron chi connectivity index (χ0n) is 10.9. The number of hydrogen-bond acceptors (Lipinski definition) is 5. The molecule has 7 heteroatoms. The molecule has 0 radical (unpaired) electrons. The summed E-state index contributed by atoms with van der Waals surface area (Å²) in [6, 6.07) is 3.44. The van der Waals surface area contributed by atoms with E-state index >= 15 is 0 Å². The molecule has 6 nitrogen and oxygen atoms in total. The van der Waals surface area contributed by atoms with Gasteiger partial charge in [0.1, 0.15) is 5.75 Å². The molecule has 2 heterocycles. The summed E-state index contributed by atoms with van der Waals surface area (Å²) >= 11 is 1.28. The lowest BCUT2D eigenvalue weighted by Gasteiger charge is -2.02. The molecule has 0 atom stereocenters. The molecular formula is C13H14N2O4S. The van der Waals surface area contributed by atoms with Crippen LogP contribution in [0.2, 0.25) is 0 Å². The van der Waals surface area contributed by atoms with Crippen LogP contribution in [0.15, 0.2) is 18.3 Å². The maximum Gasteiger partial charge on any atom is 0.305 e. The number of rotatable bonds is 6. The molecule has 0 bridgehead atoms. The first-order valence-electron chi connectivity index (χ1n) is 6.13. The summed E-state index contributed by atoms with van der Waals surface area (Å²) in [5, 5.41) is 11.1. The minimum Gasteiger partial charge on any atom is -0.492 e. The maximum absolute atomic E-state index is 11.9. The van der Waals surface area contributed by atoms with Gasteiger partial charge in [0.2, 0.25) is 0 Å². The second kappa shape index (κ2) is 6.33. The first kappa shape index (κ1) is 14.3. The molecule has 0 aliphatic heterocycles. The highest BCUT2D eigenvalue weighted by atomic mass is 32.1. The first-order chi connectivity index (χ1) is 9.61. The molecule has 2 aromatic rings. The zero-order chi connectivity index (χ0) is 14.5. The van der Waals surface area contributed by atoms with E-state index in [0.717, 1.165) is 4.70 Å². The SMILES string of the molecule is CCOc1ccnc2cc(C(=O)NCCC(=O)O)sc12. The van der Waals surface area contributed by atoms with Gasteiger partial charge < -0.3 is 15.2 Å². The van der Waals surface area contributed by atoms with Crippen LogP contribution in [-0.2, 0) is 4.79 Å². The third-order valence-electron chi connectivity index (χ3n) is 2.52. The van der Waals surface area contributed by atoms with Crippen LogP contribution < -0.4 is 10.1 Å². The van der Waals surface area contributed by atoms with Crippen LogP contribution in [0.1, 0.15) is 23.0 Å². The van der Waals surface area contributed by atoms with Crippen LogP contribution in [-0.4, -0.2) is 35.1 Å². The summed E-state index contributed by atoms with van der Waals surface area (Å²) in [4.78, 5) is 27.0. The highest BCUT2D eigenvalue weighted by molar-refractivity contribution is 7.21. The number of nitrogens with one attached hydrogen (secondary N) is 1. The third-order valence-corrected chi connectivity index (χ3v) is 3.66. The zero-order valence-corrected chi connectivity index (χ0v) is 11.7. The number of nitrogens with zero attached hydrogens (tertiary/aromatic N) is 1. The molecule has 0 aromatic carbocycles. The molecule has 0 saturated heterocycles. The van der Waals surface area contributed by atoms with Gasteiger partial charge in [-0.1, -0.05) is 0 Å². The fraction of sp³-hybridized carbons (Fsp3) is 0.308. The van der Waals surface area contributed by atoms with E-state index < -0.39 is 5.97 Å². The van der Waals surface area contributed by atoms with E-state index in [1.165, 1.54) is 11.3 Å². The Morgan fingerprint density at radius 1 is 1.50 bits per heavy atom. The minimum atomic E-state index is -0.943. The van der Waals surface area contributed by atoms with Gasteiger partial charge in [-0.15, -0.1) is 11.3 Å². The van der Waals surface area contributed by atoms with Gasteiger partial charge in [-0.3, -0.25) is 14.6 Å². The lowest BCUT2D eigenvalue weighted by atomic mass is 10.3. The van der Waals surface area contributed by atoms with Crippen LogP contribution in [0.5, 0.6) is 5.75 Å². The van der Waals surface area contributed by atoms with Gasteiger partial charge in [0.05, 0.1) is 28.1 Å². The van der Waals surface area contributed by atoms with E-state index in [-0.39, 0.29) is 18.9 Å². The molecule has 2 N–H and O–H groups in total. The number of aromatic nitrogens is 1. The predicted molar refractivity (Wildman–Crippen MR) is 75.4 cm³/mol. The van der Waals surface area contributed by atoms with Crippen molar-refractivity contribution in [1.29, 1.82) is 0 Å². The van der Waals surface area contributed by atoms with Crippen LogP contribution in [0.3, 0.4) is 0 Å². The van der Waals surface area contributed by atoms with Crippen LogP contribution in [0.25, 0.3) is 10.2 Å². The summed E-state index contributed by atoms with van der Waals surface area (Å²) < 4.78 is 6.30. The quantitative estimate of drug-likeness (QED) is 0.849. The Hall–Kier alpha value is -2.15. The Balaban J connectivity index is 2.16. The summed E-state index contributed by atoms with van der Waals surface area (Å²) in [5.41, 5.74) is 0.698. The van der Waals surface area contributed by atoms with Crippen molar-refractivity contribution in [2.24, 2.45) is 0 Å². The Morgan fingerprint density at radius 2 is 2.30 bits per heavy atom. The number of carboxylic acid groups (broad SMARTS) is 1. The molecular weight excluding hydrogens is 280 g/mol. The number of fused-ring (bicyclic) bond motifs is 1. The van der Waals surface area contributed by atoms with Crippen LogP contribution >= 0.6 is 11.3 Å². The summed E-state index contributed by atoms with van der Waals surface area (Å²) in [7, 11) is 0. The van der Waals surface area contributed by atoms with E-state index in [2.05, 4.69) is 10.3 Å². The van der Waals surface area contributed by atoms with Crippen LogP contribution in [0, 0.1) is 0 Å². The molecule has 2 aromatic heterocycles. The number of thiophene rings is 1. The van der Waals surface area contributed by atoms with Gasteiger partial charge in [-0.05, 0) is 19.1 Å². The van der Waals surface area contributed by atoms with Crippen molar-refractivity contribution in [2.75, 3.05) is 13.2 Å². The Morgan fingerprint density at radius 3 is 3.00 bits per heavy atom. The average Bonchev–Trinajstić information content (AvgIpc) is 2.83. The molecule has 1 amide bonds. The summed E-state index contributed by atoms with van der Waals surface area (Å²) in [6.45, 7) is 2.53. The van der Waals surface area contributed by atoms with Crippen molar-refractivity contribution in [3.8, 4) is 5.75 Å². The van der Waals surface area contributed by atoms with Gasteiger partial charge in [0.25, 0.3) is 5.91 Å². The molecule has 0 aliphatic carbocycles. The summed E-state index contributed by atoms with van der Waals surface area (Å²) in [5.74, 6) is -0.536. The first-order valence-corrected chi connectivity index (χ1v) is 6.94. The molecule has 0 unspecified atom stereocenters. The molecule has 0 spiro atoms. The molecule has 2 rings (SSSR count). The second-order valence-electron chi connectivity index (χ2n) is 3.97. The third kappa shape index (κ3) is 3.24.